The van der Waals surface area contributed by atoms with Crippen LogP contribution >= 0.6 is 11.3 Å². The van der Waals surface area contributed by atoms with Crippen LogP contribution in [0.15, 0.2) is 29.9 Å². The van der Waals surface area contributed by atoms with Crippen LogP contribution in [0.3, 0.4) is 0 Å². The van der Waals surface area contributed by atoms with E-state index in [0.29, 0.717) is 24.5 Å². The molecule has 0 amide bonds. The quantitative estimate of drug-likeness (QED) is 0.830. The number of esters is 1. The van der Waals surface area contributed by atoms with Crippen molar-refractivity contribution in [2.45, 2.75) is 32.9 Å². The molecule has 2 aromatic heterocycles. The molecule has 0 aliphatic rings. The Bertz CT molecular complexity index is 601. The van der Waals surface area contributed by atoms with Crippen LogP contribution in [0.1, 0.15) is 30.1 Å². The minimum absolute atomic E-state index is 0.328. The Hall–Kier alpha value is -1.79. The lowest BCUT2D eigenvalue weighted by Gasteiger charge is -2.28. The van der Waals surface area contributed by atoms with Crippen molar-refractivity contribution in [1.82, 2.24) is 15.3 Å². The number of carbonyl (C=O) groups is 1. The number of nitrogens with zero attached hydrogens (tertiary/aromatic N) is 2. The van der Waals surface area contributed by atoms with Crippen LogP contribution in [0.25, 0.3) is 0 Å². The van der Waals surface area contributed by atoms with Gasteiger partial charge in [-0.05, 0) is 32.2 Å². The zero-order chi connectivity index (χ0) is 15.3. The van der Waals surface area contributed by atoms with E-state index < -0.39 is 5.54 Å². The van der Waals surface area contributed by atoms with E-state index in [0.717, 1.165) is 4.88 Å². The molecule has 2 rings (SSSR count). The van der Waals surface area contributed by atoms with Crippen LogP contribution in [0.4, 0.5) is 0 Å². The Balaban J connectivity index is 2.30. The Labute approximate surface area is 128 Å². The fourth-order valence-electron chi connectivity index (χ4n) is 2.10. The maximum Gasteiger partial charge on any atom is 0.332 e. The van der Waals surface area contributed by atoms with Gasteiger partial charge >= 0.3 is 5.97 Å². The lowest BCUT2D eigenvalue weighted by Crippen LogP contribution is -2.48. The molecule has 6 heteroatoms. The number of aryl methyl sites for hydroxylation is 1. The summed E-state index contributed by atoms with van der Waals surface area (Å²) in [5.74, 6) is -0.342. The van der Waals surface area contributed by atoms with E-state index in [-0.39, 0.29) is 5.97 Å². The predicted molar refractivity (Wildman–Crippen MR) is 81.9 cm³/mol. The van der Waals surface area contributed by atoms with Gasteiger partial charge < -0.3 is 4.74 Å². The Morgan fingerprint density at radius 1 is 1.43 bits per heavy atom. The van der Waals surface area contributed by atoms with Crippen LogP contribution < -0.4 is 5.32 Å². The molecule has 0 spiro atoms. The molecule has 2 heterocycles. The van der Waals surface area contributed by atoms with E-state index in [2.05, 4.69) is 15.3 Å². The molecule has 5 nitrogen and oxygen atoms in total. The first-order valence-corrected chi connectivity index (χ1v) is 7.68. The van der Waals surface area contributed by atoms with Gasteiger partial charge in [0.05, 0.1) is 18.0 Å². The summed E-state index contributed by atoms with van der Waals surface area (Å²) >= 11 is 1.64. The molecule has 0 fully saturated rings. The van der Waals surface area contributed by atoms with E-state index >= 15 is 0 Å². The third-order valence-corrected chi connectivity index (χ3v) is 4.11. The number of nitrogens with one attached hydrogen (secondary N) is 1. The lowest BCUT2D eigenvalue weighted by molar-refractivity contribution is -0.151. The number of thiophene rings is 1. The molecule has 1 atom stereocenters. The van der Waals surface area contributed by atoms with E-state index in [1.165, 1.54) is 0 Å². The van der Waals surface area contributed by atoms with Gasteiger partial charge in [-0.15, -0.1) is 11.3 Å². The van der Waals surface area contributed by atoms with Crippen molar-refractivity contribution >= 4 is 17.3 Å². The highest BCUT2D eigenvalue weighted by Crippen LogP contribution is 2.24. The Morgan fingerprint density at radius 2 is 2.19 bits per heavy atom. The summed E-state index contributed by atoms with van der Waals surface area (Å²) in [6, 6.07) is 4.00. The smallest absolute Gasteiger partial charge is 0.332 e. The molecule has 112 valence electrons. The van der Waals surface area contributed by atoms with Gasteiger partial charge in [-0.2, -0.15) is 0 Å². The van der Waals surface area contributed by atoms with E-state index in [1.54, 1.807) is 37.6 Å². The topological polar surface area (TPSA) is 64.1 Å². The zero-order valence-electron chi connectivity index (χ0n) is 12.4. The molecule has 0 saturated carbocycles. The highest BCUT2D eigenvalue weighted by molar-refractivity contribution is 7.09. The molecule has 0 aliphatic carbocycles. The number of carbonyl (C=O) groups excluding carboxylic acids is 1. The molecule has 0 aromatic carbocycles. The fourth-order valence-corrected chi connectivity index (χ4v) is 2.75. The third kappa shape index (κ3) is 3.46. The largest absolute Gasteiger partial charge is 0.464 e. The summed E-state index contributed by atoms with van der Waals surface area (Å²) in [5.41, 5.74) is 0.296. The molecule has 1 unspecified atom stereocenters. The van der Waals surface area contributed by atoms with Crippen LogP contribution in [0.5, 0.6) is 0 Å². The van der Waals surface area contributed by atoms with Crippen molar-refractivity contribution in [1.29, 1.82) is 0 Å². The van der Waals surface area contributed by atoms with Crippen molar-refractivity contribution in [3.63, 3.8) is 0 Å². The summed E-state index contributed by atoms with van der Waals surface area (Å²) in [6.07, 6.45) is 3.20. The van der Waals surface area contributed by atoms with Gasteiger partial charge in [0.25, 0.3) is 0 Å². The van der Waals surface area contributed by atoms with E-state index in [1.807, 2.05) is 24.4 Å². The summed E-state index contributed by atoms with van der Waals surface area (Å²) in [4.78, 5) is 22.1. The van der Waals surface area contributed by atoms with Gasteiger partial charge in [-0.25, -0.2) is 4.79 Å². The molecular formula is C15H19N3O2S. The van der Waals surface area contributed by atoms with E-state index in [9.17, 15) is 4.79 Å². The first kappa shape index (κ1) is 15.6. The fraction of sp³-hybridized carbons (Fsp3) is 0.400. The van der Waals surface area contributed by atoms with Gasteiger partial charge in [0.15, 0.2) is 5.54 Å². The molecule has 0 bridgehead atoms. The van der Waals surface area contributed by atoms with Crippen molar-refractivity contribution in [2.75, 3.05) is 6.61 Å². The minimum Gasteiger partial charge on any atom is -0.464 e. The van der Waals surface area contributed by atoms with Crippen LogP contribution in [0.2, 0.25) is 0 Å². The van der Waals surface area contributed by atoms with Gasteiger partial charge in [0, 0.05) is 23.8 Å². The number of aromatic nitrogens is 2. The lowest BCUT2D eigenvalue weighted by atomic mass is 9.95. The summed E-state index contributed by atoms with van der Waals surface area (Å²) in [5, 5.41) is 5.28. The van der Waals surface area contributed by atoms with Crippen LogP contribution in [-0.2, 0) is 21.6 Å². The van der Waals surface area contributed by atoms with Crippen LogP contribution in [-0.4, -0.2) is 22.5 Å². The summed E-state index contributed by atoms with van der Waals surface area (Å²) < 4.78 is 5.22. The van der Waals surface area contributed by atoms with Crippen molar-refractivity contribution < 1.29 is 9.53 Å². The summed E-state index contributed by atoms with van der Waals surface area (Å²) in [6.45, 7) is 6.32. The maximum absolute atomic E-state index is 12.4. The van der Waals surface area contributed by atoms with Crippen molar-refractivity contribution in [2.24, 2.45) is 0 Å². The second kappa shape index (κ2) is 6.78. The molecule has 2 aromatic rings. The van der Waals surface area contributed by atoms with Gasteiger partial charge in [0.1, 0.15) is 0 Å². The SMILES string of the molecule is CCOC(=O)C(C)(NCc1cccs1)c1nccnc1C. The number of hydrogen-bond donors (Lipinski definition) is 1. The van der Waals surface area contributed by atoms with Gasteiger partial charge in [0.2, 0.25) is 0 Å². The molecule has 1 N–H and O–H groups in total. The monoisotopic (exact) mass is 305 g/mol. The number of hydrogen-bond acceptors (Lipinski definition) is 6. The second-order valence-electron chi connectivity index (χ2n) is 4.77. The van der Waals surface area contributed by atoms with Crippen molar-refractivity contribution in [3.8, 4) is 0 Å². The molecular weight excluding hydrogens is 286 g/mol. The maximum atomic E-state index is 12.4. The molecule has 21 heavy (non-hydrogen) atoms. The average Bonchev–Trinajstić information content (AvgIpc) is 2.99. The predicted octanol–water partition coefficient (Wildman–Crippen LogP) is 2.41. The minimum atomic E-state index is -1.02. The van der Waals surface area contributed by atoms with Crippen LogP contribution in [0, 0.1) is 6.92 Å². The van der Waals surface area contributed by atoms with E-state index in [4.69, 9.17) is 4.74 Å². The first-order chi connectivity index (χ1) is 10.1. The average molecular weight is 305 g/mol. The first-order valence-electron chi connectivity index (χ1n) is 6.80. The zero-order valence-corrected chi connectivity index (χ0v) is 13.2. The molecule has 0 radical (unpaired) electrons. The normalized spacial score (nSPS) is 13.7. The molecule has 0 saturated heterocycles. The third-order valence-electron chi connectivity index (χ3n) is 3.23. The Morgan fingerprint density at radius 3 is 2.81 bits per heavy atom. The number of ether oxygens (including phenoxy) is 1. The Kier molecular flexibility index (Phi) is 5.03. The molecule has 0 aliphatic heterocycles. The summed E-state index contributed by atoms with van der Waals surface area (Å²) in [7, 11) is 0. The second-order valence-corrected chi connectivity index (χ2v) is 5.80. The highest BCUT2D eigenvalue weighted by atomic mass is 32.1. The van der Waals surface area contributed by atoms with Crippen molar-refractivity contribution in [3.05, 3.63) is 46.2 Å². The van der Waals surface area contributed by atoms with Gasteiger partial charge in [-0.3, -0.25) is 15.3 Å². The highest BCUT2D eigenvalue weighted by Gasteiger charge is 2.39. The standard InChI is InChI=1S/C15H19N3O2S/c1-4-20-14(19)15(3,13-11(2)16-7-8-17-13)18-10-12-6-5-9-21-12/h5-9,18H,4,10H2,1-3H3. The number of rotatable bonds is 6. The van der Waals surface area contributed by atoms with Gasteiger partial charge in [-0.1, -0.05) is 6.07 Å².